The zero-order valence-corrected chi connectivity index (χ0v) is 14.9. The van der Waals surface area contributed by atoms with Gasteiger partial charge >= 0.3 is 0 Å². The van der Waals surface area contributed by atoms with E-state index < -0.39 is 11.6 Å². The van der Waals surface area contributed by atoms with Crippen molar-refractivity contribution < 1.29 is 18.4 Å². The Morgan fingerprint density at radius 2 is 1.54 bits per heavy atom. The van der Waals surface area contributed by atoms with Crippen molar-refractivity contribution in [3.63, 3.8) is 0 Å². The molecule has 0 atom stereocenters. The molecule has 1 aromatic rings. The van der Waals surface area contributed by atoms with E-state index in [1.54, 1.807) is 4.90 Å². The van der Waals surface area contributed by atoms with E-state index in [0.717, 1.165) is 38.1 Å². The molecule has 3 rings (SSSR count). The molecule has 2 fully saturated rings. The molecular formula is C19H25F2N3O2. The summed E-state index contributed by atoms with van der Waals surface area (Å²) in [4.78, 5) is 30.4. The highest BCUT2D eigenvalue weighted by Crippen LogP contribution is 2.14. The molecule has 0 bridgehead atoms. The van der Waals surface area contributed by atoms with Crippen LogP contribution in [0.25, 0.3) is 0 Å². The van der Waals surface area contributed by atoms with Crippen molar-refractivity contribution >= 4 is 11.8 Å². The van der Waals surface area contributed by atoms with E-state index in [-0.39, 0.29) is 17.4 Å². The first-order chi connectivity index (χ1) is 12.5. The lowest BCUT2D eigenvalue weighted by Crippen LogP contribution is -2.49. The number of likely N-dealkylation sites (tertiary alicyclic amines) is 1. The van der Waals surface area contributed by atoms with Gasteiger partial charge in [-0.05, 0) is 37.5 Å². The summed E-state index contributed by atoms with van der Waals surface area (Å²) in [5.74, 6) is -2.03. The van der Waals surface area contributed by atoms with Crippen molar-refractivity contribution in [2.24, 2.45) is 0 Å². The number of hydrogen-bond donors (Lipinski definition) is 0. The summed E-state index contributed by atoms with van der Waals surface area (Å²) in [7, 11) is 0. The third-order valence-corrected chi connectivity index (χ3v) is 5.18. The van der Waals surface area contributed by atoms with Crippen molar-refractivity contribution in [2.45, 2.75) is 25.7 Å². The average molecular weight is 365 g/mol. The van der Waals surface area contributed by atoms with Crippen LogP contribution < -0.4 is 0 Å². The first-order valence-electron chi connectivity index (χ1n) is 9.29. The molecule has 0 spiro atoms. The standard InChI is InChI=1S/C19H25F2N3O2/c20-16-5-4-15(14-17(16)21)19(26)24-12-10-22(11-13-24)9-6-18(25)23-7-2-1-3-8-23/h4-5,14H,1-3,6-13H2. The van der Waals surface area contributed by atoms with E-state index >= 15 is 0 Å². The van der Waals surface area contributed by atoms with E-state index in [4.69, 9.17) is 0 Å². The van der Waals surface area contributed by atoms with Gasteiger partial charge < -0.3 is 9.80 Å². The molecule has 2 heterocycles. The van der Waals surface area contributed by atoms with Crippen LogP contribution in [-0.4, -0.2) is 72.3 Å². The number of amides is 2. The minimum Gasteiger partial charge on any atom is -0.343 e. The van der Waals surface area contributed by atoms with Crippen molar-refractivity contribution in [1.82, 2.24) is 14.7 Å². The Hall–Kier alpha value is -2.02. The first-order valence-corrected chi connectivity index (χ1v) is 9.29. The van der Waals surface area contributed by atoms with Crippen molar-refractivity contribution in [3.05, 3.63) is 35.4 Å². The second kappa shape index (κ2) is 8.58. The molecule has 0 unspecified atom stereocenters. The van der Waals surface area contributed by atoms with Crippen molar-refractivity contribution in [3.8, 4) is 0 Å². The van der Waals surface area contributed by atoms with Crippen LogP contribution in [-0.2, 0) is 4.79 Å². The summed E-state index contributed by atoms with van der Waals surface area (Å²) in [6, 6.07) is 3.23. The molecule has 2 amide bonds. The number of halogens is 2. The largest absolute Gasteiger partial charge is 0.343 e. The monoisotopic (exact) mass is 365 g/mol. The number of carbonyl (C=O) groups excluding carboxylic acids is 2. The number of piperidine rings is 1. The SMILES string of the molecule is O=C(CCN1CCN(C(=O)c2ccc(F)c(F)c2)CC1)N1CCCCC1. The normalized spacial score (nSPS) is 18.8. The number of piperazine rings is 1. The molecule has 0 aromatic heterocycles. The van der Waals surface area contributed by atoms with Crippen LogP contribution >= 0.6 is 0 Å². The number of nitrogens with zero attached hydrogens (tertiary/aromatic N) is 3. The van der Waals surface area contributed by atoms with Crippen LogP contribution in [0.2, 0.25) is 0 Å². The second-order valence-corrected chi connectivity index (χ2v) is 6.95. The van der Waals surface area contributed by atoms with Gasteiger partial charge in [0, 0.05) is 57.8 Å². The zero-order valence-electron chi connectivity index (χ0n) is 14.9. The summed E-state index contributed by atoms with van der Waals surface area (Å²) in [6.45, 7) is 4.85. The minimum atomic E-state index is -1.01. The molecular weight excluding hydrogens is 340 g/mol. The van der Waals surface area contributed by atoms with Gasteiger partial charge in [0.2, 0.25) is 5.91 Å². The lowest BCUT2D eigenvalue weighted by molar-refractivity contribution is -0.132. The highest BCUT2D eigenvalue weighted by molar-refractivity contribution is 5.94. The fourth-order valence-corrected chi connectivity index (χ4v) is 3.54. The van der Waals surface area contributed by atoms with Crippen LogP contribution in [0.4, 0.5) is 8.78 Å². The van der Waals surface area contributed by atoms with Crippen molar-refractivity contribution in [2.75, 3.05) is 45.8 Å². The first kappa shape index (κ1) is 18.8. The number of benzene rings is 1. The maximum Gasteiger partial charge on any atom is 0.254 e. The molecule has 7 heteroatoms. The lowest BCUT2D eigenvalue weighted by atomic mass is 10.1. The molecule has 0 aliphatic carbocycles. The topological polar surface area (TPSA) is 43.9 Å². The summed E-state index contributed by atoms with van der Waals surface area (Å²) in [5.41, 5.74) is 0.164. The van der Waals surface area contributed by atoms with Crippen LogP contribution in [0.15, 0.2) is 18.2 Å². The van der Waals surface area contributed by atoms with E-state index in [9.17, 15) is 18.4 Å². The molecule has 142 valence electrons. The molecule has 1 aromatic carbocycles. The predicted octanol–water partition coefficient (Wildman–Crippen LogP) is 2.13. The quantitative estimate of drug-likeness (QED) is 0.821. The fraction of sp³-hybridized carbons (Fsp3) is 0.579. The molecule has 0 N–H and O–H groups in total. The van der Waals surface area contributed by atoms with Gasteiger partial charge in [0.25, 0.3) is 5.91 Å². The predicted molar refractivity (Wildman–Crippen MR) is 93.7 cm³/mol. The third kappa shape index (κ3) is 4.58. The van der Waals surface area contributed by atoms with Crippen LogP contribution in [0.1, 0.15) is 36.0 Å². The van der Waals surface area contributed by atoms with E-state index in [1.807, 2.05) is 4.90 Å². The maximum atomic E-state index is 13.3. The third-order valence-electron chi connectivity index (χ3n) is 5.18. The minimum absolute atomic E-state index is 0.164. The van der Waals surface area contributed by atoms with E-state index in [0.29, 0.717) is 39.1 Å². The Morgan fingerprint density at radius 3 is 2.19 bits per heavy atom. The van der Waals surface area contributed by atoms with Gasteiger partial charge in [-0.3, -0.25) is 14.5 Å². The molecule has 2 saturated heterocycles. The maximum absolute atomic E-state index is 13.3. The Morgan fingerprint density at radius 1 is 0.846 bits per heavy atom. The van der Waals surface area contributed by atoms with Crippen molar-refractivity contribution in [1.29, 1.82) is 0 Å². The zero-order chi connectivity index (χ0) is 18.5. The highest BCUT2D eigenvalue weighted by atomic mass is 19.2. The van der Waals surface area contributed by atoms with Gasteiger partial charge in [0.1, 0.15) is 0 Å². The molecule has 2 aliphatic heterocycles. The number of hydrogen-bond acceptors (Lipinski definition) is 3. The Kier molecular flexibility index (Phi) is 6.19. The van der Waals surface area contributed by atoms with Crippen LogP contribution in [0.3, 0.4) is 0 Å². The average Bonchev–Trinajstić information content (AvgIpc) is 2.69. The molecule has 2 aliphatic rings. The van der Waals surface area contributed by atoms with Gasteiger partial charge in [0.15, 0.2) is 11.6 Å². The molecule has 0 radical (unpaired) electrons. The van der Waals surface area contributed by atoms with Gasteiger partial charge in [-0.25, -0.2) is 8.78 Å². The van der Waals surface area contributed by atoms with Crippen LogP contribution in [0, 0.1) is 11.6 Å². The lowest BCUT2D eigenvalue weighted by Gasteiger charge is -2.35. The molecule has 0 saturated carbocycles. The van der Waals surface area contributed by atoms with Gasteiger partial charge in [-0.2, -0.15) is 0 Å². The number of rotatable bonds is 4. The highest BCUT2D eigenvalue weighted by Gasteiger charge is 2.24. The summed E-state index contributed by atoms with van der Waals surface area (Å²) in [6.07, 6.45) is 3.90. The molecule has 5 nitrogen and oxygen atoms in total. The number of carbonyl (C=O) groups is 2. The summed E-state index contributed by atoms with van der Waals surface area (Å²) < 4.78 is 26.3. The molecule has 26 heavy (non-hydrogen) atoms. The van der Waals surface area contributed by atoms with Gasteiger partial charge in [0.05, 0.1) is 0 Å². The Bertz CT molecular complexity index is 654. The van der Waals surface area contributed by atoms with Gasteiger partial charge in [-0.1, -0.05) is 0 Å². The van der Waals surface area contributed by atoms with Crippen LogP contribution in [0.5, 0.6) is 0 Å². The Balaban J connectivity index is 1.44. The Labute approximate surface area is 152 Å². The van der Waals surface area contributed by atoms with Gasteiger partial charge in [-0.15, -0.1) is 0 Å². The fourth-order valence-electron chi connectivity index (χ4n) is 3.54. The second-order valence-electron chi connectivity index (χ2n) is 6.95. The van der Waals surface area contributed by atoms with E-state index in [1.165, 1.54) is 12.5 Å². The summed E-state index contributed by atoms with van der Waals surface area (Å²) in [5, 5.41) is 0. The smallest absolute Gasteiger partial charge is 0.254 e. The van der Waals surface area contributed by atoms with E-state index in [2.05, 4.69) is 4.90 Å². The summed E-state index contributed by atoms with van der Waals surface area (Å²) >= 11 is 0.